The summed E-state index contributed by atoms with van der Waals surface area (Å²) in [6.45, 7) is 6.67. The number of amides is 1. The molecule has 0 heterocycles. The molecule has 0 aliphatic rings. The van der Waals surface area contributed by atoms with E-state index in [0.29, 0.717) is 12.3 Å². The van der Waals surface area contributed by atoms with Crippen LogP contribution in [0.4, 0.5) is 0 Å². The van der Waals surface area contributed by atoms with Gasteiger partial charge in [0.25, 0.3) is 0 Å². The molecule has 1 unspecified atom stereocenters. The van der Waals surface area contributed by atoms with E-state index < -0.39 is 0 Å². The third kappa shape index (κ3) is 6.57. The van der Waals surface area contributed by atoms with Crippen LogP contribution in [0.3, 0.4) is 0 Å². The Morgan fingerprint density at radius 3 is 2.43 bits per heavy atom. The predicted octanol–water partition coefficient (Wildman–Crippen LogP) is 3.80. The molecular weight excluding hydrogens is 350 g/mol. The van der Waals surface area contributed by atoms with Crippen molar-refractivity contribution in [3.8, 4) is 11.8 Å². The Labute approximate surface area is 167 Å². The van der Waals surface area contributed by atoms with Crippen molar-refractivity contribution in [2.24, 2.45) is 0 Å². The Morgan fingerprint density at radius 1 is 1.14 bits per heavy atom. The molecule has 0 saturated carbocycles. The predicted molar refractivity (Wildman–Crippen MR) is 112 cm³/mol. The number of ether oxygens (including phenoxy) is 1. The molecule has 0 spiro atoms. The van der Waals surface area contributed by atoms with Crippen molar-refractivity contribution in [3.63, 3.8) is 0 Å². The van der Waals surface area contributed by atoms with Crippen molar-refractivity contribution in [1.82, 2.24) is 10.2 Å². The summed E-state index contributed by atoms with van der Waals surface area (Å²) >= 11 is 0. The lowest BCUT2D eigenvalue weighted by Gasteiger charge is -2.30. The van der Waals surface area contributed by atoms with Crippen LogP contribution in [-0.2, 0) is 4.79 Å². The quantitative estimate of drug-likeness (QED) is 0.640. The molecule has 0 radical (unpaired) electrons. The maximum Gasteiger partial charge on any atom is 0.244 e. The van der Waals surface area contributed by atoms with Crippen molar-refractivity contribution in [2.75, 3.05) is 26.2 Å². The van der Waals surface area contributed by atoms with Crippen molar-refractivity contribution in [1.29, 1.82) is 5.26 Å². The van der Waals surface area contributed by atoms with Crippen molar-refractivity contribution in [3.05, 3.63) is 71.8 Å². The number of hydrogen-bond donors (Lipinski definition) is 1. The lowest BCUT2D eigenvalue weighted by atomic mass is 10.1. The number of hydrogen-bond acceptors (Lipinski definition) is 4. The number of nitrogens with one attached hydrogen (secondary N) is 1. The standard InChI is InChI=1S/C23H27N3O2/c1-3-26(4-2)22(20-8-6-5-7-9-20)18-25-23(27)15-12-19-10-13-21(14-11-19)28-17-16-24/h5-15,22H,3-4,17-18H2,1-2H3,(H,25,27)/b15-12+. The molecule has 2 aromatic carbocycles. The van der Waals surface area contributed by atoms with Gasteiger partial charge < -0.3 is 10.1 Å². The van der Waals surface area contributed by atoms with E-state index in [1.165, 1.54) is 11.6 Å². The fourth-order valence-corrected chi connectivity index (χ4v) is 3.02. The molecule has 5 nitrogen and oxygen atoms in total. The number of carbonyl (C=O) groups excluding carboxylic acids is 1. The zero-order valence-electron chi connectivity index (χ0n) is 16.5. The Balaban J connectivity index is 1.95. The van der Waals surface area contributed by atoms with Crippen LogP contribution < -0.4 is 10.1 Å². The minimum absolute atomic E-state index is 0.0205. The first kappa shape index (κ1) is 21.2. The van der Waals surface area contributed by atoms with Gasteiger partial charge in [-0.25, -0.2) is 0 Å². The minimum Gasteiger partial charge on any atom is -0.479 e. The Morgan fingerprint density at radius 2 is 1.82 bits per heavy atom. The summed E-state index contributed by atoms with van der Waals surface area (Å²) in [6.07, 6.45) is 3.30. The molecule has 2 aromatic rings. The number of benzene rings is 2. The van der Waals surface area contributed by atoms with Crippen LogP contribution >= 0.6 is 0 Å². The summed E-state index contributed by atoms with van der Waals surface area (Å²) in [7, 11) is 0. The second-order valence-electron chi connectivity index (χ2n) is 6.24. The summed E-state index contributed by atoms with van der Waals surface area (Å²) in [4.78, 5) is 14.6. The highest BCUT2D eigenvalue weighted by molar-refractivity contribution is 5.91. The fourth-order valence-electron chi connectivity index (χ4n) is 3.02. The van der Waals surface area contributed by atoms with Crippen LogP contribution in [0.5, 0.6) is 5.75 Å². The van der Waals surface area contributed by atoms with E-state index in [-0.39, 0.29) is 18.6 Å². The zero-order valence-corrected chi connectivity index (χ0v) is 16.5. The van der Waals surface area contributed by atoms with E-state index in [9.17, 15) is 4.79 Å². The monoisotopic (exact) mass is 377 g/mol. The number of likely N-dealkylation sites (N-methyl/N-ethyl adjacent to an activating group) is 1. The van der Waals surface area contributed by atoms with Gasteiger partial charge in [0.1, 0.15) is 11.8 Å². The molecule has 0 saturated heterocycles. The molecule has 0 bridgehead atoms. The Kier molecular flexibility index (Phi) is 8.77. The van der Waals surface area contributed by atoms with Gasteiger partial charge in [0.05, 0.1) is 6.04 Å². The molecular formula is C23H27N3O2. The van der Waals surface area contributed by atoms with E-state index in [0.717, 1.165) is 18.7 Å². The smallest absolute Gasteiger partial charge is 0.244 e. The van der Waals surface area contributed by atoms with Crippen LogP contribution in [0.1, 0.15) is 31.0 Å². The Hall–Kier alpha value is -3.10. The van der Waals surface area contributed by atoms with E-state index >= 15 is 0 Å². The zero-order chi connectivity index (χ0) is 20.2. The highest BCUT2D eigenvalue weighted by atomic mass is 16.5. The molecule has 1 atom stereocenters. The summed E-state index contributed by atoms with van der Waals surface area (Å²) in [5.41, 5.74) is 2.09. The van der Waals surface area contributed by atoms with Crippen LogP contribution in [0.15, 0.2) is 60.7 Å². The highest BCUT2D eigenvalue weighted by Gasteiger charge is 2.18. The molecule has 1 N–H and O–H groups in total. The molecule has 0 fully saturated rings. The maximum absolute atomic E-state index is 12.3. The molecule has 5 heteroatoms. The van der Waals surface area contributed by atoms with Crippen LogP contribution in [0.25, 0.3) is 6.08 Å². The summed E-state index contributed by atoms with van der Waals surface area (Å²) in [5.74, 6) is 0.506. The van der Waals surface area contributed by atoms with Gasteiger partial charge in [-0.05, 0) is 42.4 Å². The summed E-state index contributed by atoms with van der Waals surface area (Å²) < 4.78 is 5.22. The first-order chi connectivity index (χ1) is 13.7. The van der Waals surface area contributed by atoms with E-state index in [4.69, 9.17) is 10.00 Å². The maximum atomic E-state index is 12.3. The summed E-state index contributed by atoms with van der Waals surface area (Å²) in [5, 5.41) is 11.5. The number of nitrogens with zero attached hydrogens (tertiary/aromatic N) is 2. The van der Waals surface area contributed by atoms with Gasteiger partial charge in [0.15, 0.2) is 6.61 Å². The van der Waals surface area contributed by atoms with E-state index in [1.54, 1.807) is 18.2 Å². The second kappa shape index (κ2) is 11.6. The van der Waals surface area contributed by atoms with Gasteiger partial charge in [0.2, 0.25) is 5.91 Å². The first-order valence-corrected chi connectivity index (χ1v) is 9.52. The topological polar surface area (TPSA) is 65.4 Å². The molecule has 146 valence electrons. The van der Waals surface area contributed by atoms with Crippen molar-refractivity contribution < 1.29 is 9.53 Å². The largest absolute Gasteiger partial charge is 0.479 e. The molecule has 0 aliphatic heterocycles. The van der Waals surface area contributed by atoms with Crippen LogP contribution in [-0.4, -0.2) is 37.0 Å². The van der Waals surface area contributed by atoms with E-state index in [1.807, 2.05) is 36.4 Å². The van der Waals surface area contributed by atoms with Gasteiger partial charge in [-0.2, -0.15) is 5.26 Å². The van der Waals surface area contributed by atoms with Gasteiger partial charge in [-0.1, -0.05) is 56.3 Å². The van der Waals surface area contributed by atoms with Gasteiger partial charge >= 0.3 is 0 Å². The van der Waals surface area contributed by atoms with Gasteiger partial charge in [-0.3, -0.25) is 9.69 Å². The minimum atomic E-state index is -0.127. The van der Waals surface area contributed by atoms with Crippen molar-refractivity contribution >= 4 is 12.0 Å². The molecule has 0 aromatic heterocycles. The second-order valence-corrected chi connectivity index (χ2v) is 6.24. The first-order valence-electron chi connectivity index (χ1n) is 9.52. The van der Waals surface area contributed by atoms with E-state index in [2.05, 4.69) is 36.2 Å². The number of carbonyl (C=O) groups is 1. The van der Waals surface area contributed by atoms with Crippen molar-refractivity contribution in [2.45, 2.75) is 19.9 Å². The Bertz CT molecular complexity index is 791. The third-order valence-electron chi connectivity index (χ3n) is 4.52. The average molecular weight is 377 g/mol. The molecule has 2 rings (SSSR count). The molecule has 28 heavy (non-hydrogen) atoms. The normalized spacial score (nSPS) is 11.9. The summed E-state index contributed by atoms with van der Waals surface area (Å²) in [6, 6.07) is 19.6. The highest BCUT2D eigenvalue weighted by Crippen LogP contribution is 2.19. The number of rotatable bonds is 10. The average Bonchev–Trinajstić information content (AvgIpc) is 2.75. The molecule has 1 amide bonds. The third-order valence-corrected chi connectivity index (χ3v) is 4.52. The van der Waals surface area contributed by atoms with Crippen LogP contribution in [0, 0.1) is 11.3 Å². The lowest BCUT2D eigenvalue weighted by molar-refractivity contribution is -0.116. The SMILES string of the molecule is CCN(CC)C(CNC(=O)/C=C/c1ccc(OCC#N)cc1)c1ccccc1. The van der Waals surface area contributed by atoms with Crippen LogP contribution in [0.2, 0.25) is 0 Å². The fraction of sp³-hybridized carbons (Fsp3) is 0.304. The number of nitriles is 1. The van der Waals surface area contributed by atoms with Gasteiger partial charge in [0, 0.05) is 12.6 Å². The van der Waals surface area contributed by atoms with Gasteiger partial charge in [-0.15, -0.1) is 0 Å². The lowest BCUT2D eigenvalue weighted by Crippen LogP contribution is -2.37. The molecule has 0 aliphatic carbocycles.